The molecule has 5 heteroatoms. The van der Waals surface area contributed by atoms with E-state index in [1.54, 1.807) is 30.6 Å². The van der Waals surface area contributed by atoms with Gasteiger partial charge < -0.3 is 4.74 Å². The number of carbonyl (C=O) groups excluding carboxylic acids is 1. The monoisotopic (exact) mass is 297 g/mol. The van der Waals surface area contributed by atoms with Gasteiger partial charge in [-0.1, -0.05) is 12.1 Å². The van der Waals surface area contributed by atoms with E-state index in [4.69, 9.17) is 4.74 Å². The van der Waals surface area contributed by atoms with Crippen molar-refractivity contribution in [3.8, 4) is 5.75 Å². The summed E-state index contributed by atoms with van der Waals surface area (Å²) >= 11 is 0. The summed E-state index contributed by atoms with van der Waals surface area (Å²) in [6.45, 7) is 5.66. The zero-order chi connectivity index (χ0) is 15.9. The summed E-state index contributed by atoms with van der Waals surface area (Å²) in [5, 5.41) is 4.12. The number of hydrogen-bond donors (Lipinski definition) is 1. The zero-order valence-corrected chi connectivity index (χ0v) is 12.9. The molecule has 0 bridgehead atoms. The molecule has 0 atom stereocenters. The lowest BCUT2D eigenvalue weighted by atomic mass is 10.2. The molecule has 1 aromatic heterocycles. The lowest BCUT2D eigenvalue weighted by Gasteiger charge is -2.13. The molecule has 0 aliphatic carbocycles. The Balaban J connectivity index is 2.13. The van der Waals surface area contributed by atoms with Gasteiger partial charge in [0.25, 0.3) is 5.91 Å². The van der Waals surface area contributed by atoms with E-state index < -0.39 is 0 Å². The number of ether oxygens (including phenoxy) is 1. The van der Waals surface area contributed by atoms with E-state index in [0.717, 1.165) is 5.56 Å². The Kier molecular flexibility index (Phi) is 5.25. The Labute approximate surface area is 130 Å². The van der Waals surface area contributed by atoms with Crippen LogP contribution in [0.2, 0.25) is 0 Å². The number of aromatic nitrogens is 1. The lowest BCUT2D eigenvalue weighted by molar-refractivity contribution is 0.0949. The topological polar surface area (TPSA) is 63.6 Å². The van der Waals surface area contributed by atoms with Crippen molar-refractivity contribution in [3.05, 3.63) is 59.9 Å². The van der Waals surface area contributed by atoms with Crippen LogP contribution >= 0.6 is 0 Å². The number of carbonyl (C=O) groups is 1. The number of benzene rings is 1. The van der Waals surface area contributed by atoms with Gasteiger partial charge in [-0.15, -0.1) is 0 Å². The third-order valence-corrected chi connectivity index (χ3v) is 2.92. The number of nitrogens with zero attached hydrogens (tertiary/aromatic N) is 2. The predicted molar refractivity (Wildman–Crippen MR) is 86.1 cm³/mol. The van der Waals surface area contributed by atoms with Crippen LogP contribution in [0.15, 0.2) is 53.9 Å². The van der Waals surface area contributed by atoms with Crippen molar-refractivity contribution in [2.75, 3.05) is 0 Å². The molecular formula is C17H19N3O2. The summed E-state index contributed by atoms with van der Waals surface area (Å²) in [6, 6.07) is 10.8. The van der Waals surface area contributed by atoms with E-state index in [0.29, 0.717) is 17.0 Å². The van der Waals surface area contributed by atoms with Gasteiger partial charge in [-0.3, -0.25) is 9.78 Å². The normalized spacial score (nSPS) is 11.4. The van der Waals surface area contributed by atoms with Gasteiger partial charge in [0.1, 0.15) is 5.75 Å². The van der Waals surface area contributed by atoms with Gasteiger partial charge in [0, 0.05) is 18.0 Å². The van der Waals surface area contributed by atoms with Gasteiger partial charge in [0.05, 0.1) is 17.4 Å². The molecule has 0 spiro atoms. The third kappa shape index (κ3) is 4.15. The summed E-state index contributed by atoms with van der Waals surface area (Å²) in [6.07, 6.45) is 3.36. The lowest BCUT2D eigenvalue weighted by Crippen LogP contribution is -2.21. The first-order chi connectivity index (χ1) is 10.6. The van der Waals surface area contributed by atoms with Gasteiger partial charge in [0.2, 0.25) is 0 Å². The van der Waals surface area contributed by atoms with Crippen LogP contribution in [0.5, 0.6) is 5.75 Å². The first-order valence-electron chi connectivity index (χ1n) is 7.08. The predicted octanol–water partition coefficient (Wildman–Crippen LogP) is 3.02. The van der Waals surface area contributed by atoms with Crippen LogP contribution in [-0.2, 0) is 0 Å². The van der Waals surface area contributed by atoms with E-state index in [1.165, 1.54) is 0 Å². The van der Waals surface area contributed by atoms with Crippen LogP contribution in [0, 0.1) is 0 Å². The maximum Gasteiger partial charge on any atom is 0.275 e. The van der Waals surface area contributed by atoms with E-state index >= 15 is 0 Å². The number of para-hydroxylation sites is 1. The molecule has 22 heavy (non-hydrogen) atoms. The van der Waals surface area contributed by atoms with Crippen molar-refractivity contribution in [2.45, 2.75) is 26.9 Å². The summed E-state index contributed by atoms with van der Waals surface area (Å²) in [5.41, 5.74) is 4.63. The van der Waals surface area contributed by atoms with Crippen molar-refractivity contribution >= 4 is 11.6 Å². The van der Waals surface area contributed by atoms with Crippen LogP contribution in [-0.4, -0.2) is 22.7 Å². The van der Waals surface area contributed by atoms with E-state index in [1.807, 2.05) is 39.0 Å². The van der Waals surface area contributed by atoms with Crippen molar-refractivity contribution in [1.82, 2.24) is 10.4 Å². The van der Waals surface area contributed by atoms with Gasteiger partial charge in [-0.25, -0.2) is 5.43 Å². The number of amides is 1. The van der Waals surface area contributed by atoms with Crippen LogP contribution in [0.4, 0.5) is 0 Å². The molecule has 2 rings (SSSR count). The smallest absolute Gasteiger partial charge is 0.275 e. The number of pyridine rings is 1. The summed E-state index contributed by atoms with van der Waals surface area (Å²) in [5.74, 6) is 0.247. The second kappa shape index (κ2) is 7.36. The SMILES string of the molecule is C/C(=N/NC(=O)c1ccccc1OC(C)C)c1ccncc1. The van der Waals surface area contributed by atoms with Gasteiger partial charge in [0.15, 0.2) is 0 Å². The number of rotatable bonds is 5. The largest absolute Gasteiger partial charge is 0.490 e. The van der Waals surface area contributed by atoms with Gasteiger partial charge in [-0.2, -0.15) is 5.10 Å². The zero-order valence-electron chi connectivity index (χ0n) is 12.9. The Morgan fingerprint density at radius 1 is 1.18 bits per heavy atom. The highest BCUT2D eigenvalue weighted by molar-refractivity contribution is 6.01. The van der Waals surface area contributed by atoms with Crippen molar-refractivity contribution in [1.29, 1.82) is 0 Å². The van der Waals surface area contributed by atoms with Crippen molar-refractivity contribution < 1.29 is 9.53 Å². The van der Waals surface area contributed by atoms with E-state index in [9.17, 15) is 4.79 Å². The second-order valence-electron chi connectivity index (χ2n) is 5.04. The highest BCUT2D eigenvalue weighted by Gasteiger charge is 2.12. The molecule has 0 aliphatic heterocycles. The van der Waals surface area contributed by atoms with Gasteiger partial charge in [-0.05, 0) is 45.0 Å². The molecule has 2 aromatic rings. The molecule has 0 saturated carbocycles. The molecule has 0 radical (unpaired) electrons. The van der Waals surface area contributed by atoms with Crippen LogP contribution in [0.1, 0.15) is 36.7 Å². The summed E-state index contributed by atoms with van der Waals surface area (Å²) in [4.78, 5) is 16.2. The first kappa shape index (κ1) is 15.7. The maximum atomic E-state index is 12.3. The van der Waals surface area contributed by atoms with Crippen LogP contribution in [0.25, 0.3) is 0 Å². The minimum absolute atomic E-state index is 0.00370. The highest BCUT2D eigenvalue weighted by atomic mass is 16.5. The average Bonchev–Trinajstić information content (AvgIpc) is 2.53. The fraction of sp³-hybridized carbons (Fsp3) is 0.235. The Bertz CT molecular complexity index is 667. The molecule has 1 N–H and O–H groups in total. The van der Waals surface area contributed by atoms with Crippen molar-refractivity contribution in [3.63, 3.8) is 0 Å². The fourth-order valence-corrected chi connectivity index (χ4v) is 1.86. The molecule has 1 amide bonds. The second-order valence-corrected chi connectivity index (χ2v) is 5.04. The number of hydrazone groups is 1. The van der Waals surface area contributed by atoms with Crippen LogP contribution in [0.3, 0.4) is 0 Å². The standard InChI is InChI=1S/C17H19N3O2/c1-12(2)22-16-7-5-4-6-15(16)17(21)20-19-13(3)14-8-10-18-11-9-14/h4-12H,1-3H3,(H,20,21)/b19-13-. The fourth-order valence-electron chi connectivity index (χ4n) is 1.86. The molecule has 0 saturated heterocycles. The number of nitrogens with one attached hydrogen (secondary N) is 1. The molecule has 1 heterocycles. The molecule has 114 valence electrons. The minimum atomic E-state index is -0.301. The van der Waals surface area contributed by atoms with E-state index in [-0.39, 0.29) is 12.0 Å². The molecule has 0 aliphatic rings. The Morgan fingerprint density at radius 2 is 1.86 bits per heavy atom. The third-order valence-electron chi connectivity index (χ3n) is 2.92. The molecular weight excluding hydrogens is 278 g/mol. The first-order valence-corrected chi connectivity index (χ1v) is 7.08. The Hall–Kier alpha value is -2.69. The molecule has 0 fully saturated rings. The van der Waals surface area contributed by atoms with Gasteiger partial charge >= 0.3 is 0 Å². The molecule has 1 aromatic carbocycles. The van der Waals surface area contributed by atoms with E-state index in [2.05, 4.69) is 15.5 Å². The molecule has 0 unspecified atom stereocenters. The van der Waals surface area contributed by atoms with Crippen molar-refractivity contribution in [2.24, 2.45) is 5.10 Å². The summed E-state index contributed by atoms with van der Waals surface area (Å²) in [7, 11) is 0. The minimum Gasteiger partial charge on any atom is -0.490 e. The average molecular weight is 297 g/mol. The van der Waals surface area contributed by atoms with Crippen LogP contribution < -0.4 is 10.2 Å². The Morgan fingerprint density at radius 3 is 2.55 bits per heavy atom. The highest BCUT2D eigenvalue weighted by Crippen LogP contribution is 2.19. The molecule has 5 nitrogen and oxygen atoms in total. The quantitative estimate of drug-likeness (QED) is 0.681. The summed E-state index contributed by atoms with van der Waals surface area (Å²) < 4.78 is 5.64. The maximum absolute atomic E-state index is 12.3. The number of hydrogen-bond acceptors (Lipinski definition) is 4.